The predicted octanol–water partition coefficient (Wildman–Crippen LogP) is 1.63. The number of cyclic esters (lactones) is 1. The summed E-state index contributed by atoms with van der Waals surface area (Å²) in [4.78, 5) is 11.8. The molecule has 0 aromatic rings. The predicted molar refractivity (Wildman–Crippen MR) is 49.3 cm³/mol. The number of fused-ring (bicyclic) bond motifs is 3. The molecule has 3 nitrogen and oxygen atoms in total. The smallest absolute Gasteiger partial charge is 0.341 e. The first-order chi connectivity index (χ1) is 6.52. The zero-order chi connectivity index (χ0) is 9.97. The Morgan fingerprint density at radius 3 is 2.64 bits per heavy atom. The molecule has 1 saturated heterocycles. The Balaban J connectivity index is 1.99. The molecule has 2 bridgehead atoms. The van der Waals surface area contributed by atoms with Gasteiger partial charge in [-0.1, -0.05) is 12.2 Å². The van der Waals surface area contributed by atoms with Crippen LogP contribution in [0.4, 0.5) is 0 Å². The van der Waals surface area contributed by atoms with E-state index in [-0.39, 0.29) is 11.9 Å². The van der Waals surface area contributed by atoms with Gasteiger partial charge in [0.05, 0.1) is 0 Å². The van der Waals surface area contributed by atoms with E-state index in [1.54, 1.807) is 13.8 Å². The number of hydrogen-bond donors (Lipinski definition) is 0. The number of rotatable bonds is 0. The lowest BCUT2D eigenvalue weighted by atomic mass is 9.88. The van der Waals surface area contributed by atoms with E-state index in [1.807, 2.05) is 0 Å². The molecule has 0 N–H and O–H groups in total. The van der Waals surface area contributed by atoms with Gasteiger partial charge in [-0.3, -0.25) is 0 Å². The molecule has 1 saturated carbocycles. The van der Waals surface area contributed by atoms with E-state index in [4.69, 9.17) is 9.47 Å². The summed E-state index contributed by atoms with van der Waals surface area (Å²) in [5.41, 5.74) is -0.650. The molecule has 2 fully saturated rings. The van der Waals surface area contributed by atoms with Crippen molar-refractivity contribution in [2.24, 2.45) is 11.8 Å². The molecule has 3 heteroatoms. The normalized spacial score (nSPS) is 47.7. The lowest BCUT2D eigenvalue weighted by molar-refractivity contribution is -0.169. The van der Waals surface area contributed by atoms with Gasteiger partial charge in [-0.15, -0.1) is 0 Å². The fourth-order valence-electron chi connectivity index (χ4n) is 2.98. The Morgan fingerprint density at radius 1 is 1.43 bits per heavy atom. The number of carbonyl (C=O) groups excluding carboxylic acids is 1. The summed E-state index contributed by atoms with van der Waals surface area (Å²) in [7, 11) is 0. The Hall–Kier alpha value is -0.830. The second kappa shape index (κ2) is 2.22. The highest BCUT2D eigenvalue weighted by atomic mass is 16.8. The number of hydrogen-bond acceptors (Lipinski definition) is 3. The zero-order valence-corrected chi connectivity index (χ0v) is 8.45. The first-order valence-corrected chi connectivity index (χ1v) is 5.14. The maximum atomic E-state index is 11.8. The number of esters is 1. The molecule has 1 unspecified atom stereocenters. The monoisotopic (exact) mass is 194 g/mol. The molecule has 1 heterocycles. The van der Waals surface area contributed by atoms with Crippen molar-refractivity contribution in [3.63, 3.8) is 0 Å². The lowest BCUT2D eigenvalue weighted by Crippen LogP contribution is -2.41. The van der Waals surface area contributed by atoms with E-state index >= 15 is 0 Å². The van der Waals surface area contributed by atoms with Gasteiger partial charge in [-0.2, -0.15) is 0 Å². The molecular formula is C11H14O3. The van der Waals surface area contributed by atoms with Crippen LogP contribution in [0.15, 0.2) is 12.2 Å². The van der Waals surface area contributed by atoms with Crippen LogP contribution >= 0.6 is 0 Å². The average molecular weight is 194 g/mol. The van der Waals surface area contributed by atoms with Gasteiger partial charge in [-0.05, 0) is 18.8 Å². The zero-order valence-electron chi connectivity index (χ0n) is 8.45. The summed E-state index contributed by atoms with van der Waals surface area (Å²) in [5.74, 6) is -0.155. The molecule has 2 aliphatic carbocycles. The highest BCUT2D eigenvalue weighted by Crippen LogP contribution is 2.53. The van der Waals surface area contributed by atoms with Crippen LogP contribution in [0.3, 0.4) is 0 Å². The lowest BCUT2D eigenvalue weighted by Gasteiger charge is -2.27. The Bertz CT molecular complexity index is 331. The van der Waals surface area contributed by atoms with Crippen LogP contribution in [0.5, 0.6) is 0 Å². The van der Waals surface area contributed by atoms with Gasteiger partial charge >= 0.3 is 5.97 Å². The molecule has 3 atom stereocenters. The van der Waals surface area contributed by atoms with Gasteiger partial charge in [-0.25, -0.2) is 4.79 Å². The van der Waals surface area contributed by atoms with Crippen LogP contribution in [0, 0.1) is 11.8 Å². The van der Waals surface area contributed by atoms with Crippen molar-refractivity contribution in [3.05, 3.63) is 12.2 Å². The van der Waals surface area contributed by atoms with Gasteiger partial charge in [0.25, 0.3) is 0 Å². The highest BCUT2D eigenvalue weighted by molar-refractivity contribution is 5.83. The van der Waals surface area contributed by atoms with Gasteiger partial charge < -0.3 is 9.47 Å². The summed E-state index contributed by atoms with van der Waals surface area (Å²) < 4.78 is 11.1. The van der Waals surface area contributed by atoms with Crippen molar-refractivity contribution in [3.8, 4) is 0 Å². The van der Waals surface area contributed by atoms with Crippen molar-refractivity contribution < 1.29 is 14.3 Å². The summed E-state index contributed by atoms with van der Waals surface area (Å²) >= 11 is 0. The van der Waals surface area contributed by atoms with Gasteiger partial charge in [0, 0.05) is 19.8 Å². The Kier molecular flexibility index (Phi) is 1.34. The molecule has 1 spiro atoms. The Labute approximate surface area is 83.1 Å². The van der Waals surface area contributed by atoms with Crippen molar-refractivity contribution in [1.29, 1.82) is 0 Å². The van der Waals surface area contributed by atoms with E-state index < -0.39 is 11.4 Å². The second-order valence-corrected chi connectivity index (χ2v) is 4.97. The van der Waals surface area contributed by atoms with Crippen LogP contribution in [-0.2, 0) is 14.3 Å². The maximum Gasteiger partial charge on any atom is 0.341 e. The molecule has 0 amide bonds. The SMILES string of the molecule is CC1(C)OC(=O)C2(C[C@@H]3C=C[C@H]2C3)O1. The largest absolute Gasteiger partial charge is 0.431 e. The average Bonchev–Trinajstić information content (AvgIpc) is 2.65. The van der Waals surface area contributed by atoms with E-state index in [9.17, 15) is 4.79 Å². The van der Waals surface area contributed by atoms with Crippen molar-refractivity contribution in [2.75, 3.05) is 0 Å². The number of carbonyl (C=O) groups is 1. The van der Waals surface area contributed by atoms with Gasteiger partial charge in [0.2, 0.25) is 5.79 Å². The number of allylic oxidation sites excluding steroid dienone is 1. The van der Waals surface area contributed by atoms with Crippen molar-refractivity contribution >= 4 is 5.97 Å². The Morgan fingerprint density at radius 2 is 2.21 bits per heavy atom. The molecule has 0 radical (unpaired) electrons. The van der Waals surface area contributed by atoms with E-state index in [0.29, 0.717) is 5.92 Å². The third kappa shape index (κ3) is 0.883. The fourth-order valence-corrected chi connectivity index (χ4v) is 2.98. The quantitative estimate of drug-likeness (QED) is 0.434. The molecule has 3 aliphatic rings. The topological polar surface area (TPSA) is 35.5 Å². The van der Waals surface area contributed by atoms with E-state index in [2.05, 4.69) is 12.2 Å². The second-order valence-electron chi connectivity index (χ2n) is 4.97. The standard InChI is InChI=1S/C11H14O3/c1-10(2)13-9(12)11(14-10)6-7-3-4-8(11)5-7/h3-4,7-8H,5-6H2,1-2H3/t7-,8+,11?/m1/s1. The number of ether oxygens (including phenoxy) is 2. The van der Waals surface area contributed by atoms with Crippen LogP contribution in [0.1, 0.15) is 26.7 Å². The maximum absolute atomic E-state index is 11.8. The first-order valence-electron chi connectivity index (χ1n) is 5.14. The minimum Gasteiger partial charge on any atom is -0.431 e. The molecule has 0 aromatic heterocycles. The highest BCUT2D eigenvalue weighted by Gasteiger charge is 2.63. The van der Waals surface area contributed by atoms with E-state index in [1.165, 1.54) is 0 Å². The minimum absolute atomic E-state index is 0.167. The molecule has 14 heavy (non-hydrogen) atoms. The minimum atomic E-state index is -0.741. The van der Waals surface area contributed by atoms with Crippen LogP contribution in [-0.4, -0.2) is 17.4 Å². The third-order valence-electron chi connectivity index (χ3n) is 3.45. The van der Waals surface area contributed by atoms with Crippen LogP contribution < -0.4 is 0 Å². The summed E-state index contributed by atoms with van der Waals surface area (Å²) in [5, 5.41) is 0. The molecule has 0 aromatic carbocycles. The van der Waals surface area contributed by atoms with Crippen molar-refractivity contribution in [2.45, 2.75) is 38.1 Å². The first kappa shape index (κ1) is 8.48. The summed E-state index contributed by atoms with van der Waals surface area (Å²) in [6.07, 6.45) is 6.15. The van der Waals surface area contributed by atoms with E-state index in [0.717, 1.165) is 12.8 Å². The molecule has 3 rings (SSSR count). The molecular weight excluding hydrogens is 180 g/mol. The third-order valence-corrected chi connectivity index (χ3v) is 3.45. The summed E-state index contributed by atoms with van der Waals surface area (Å²) in [6.45, 7) is 3.60. The molecule has 76 valence electrons. The van der Waals surface area contributed by atoms with Crippen molar-refractivity contribution in [1.82, 2.24) is 0 Å². The van der Waals surface area contributed by atoms with Gasteiger partial charge in [0.15, 0.2) is 5.60 Å². The fraction of sp³-hybridized carbons (Fsp3) is 0.727. The van der Waals surface area contributed by atoms with Crippen LogP contribution in [0.25, 0.3) is 0 Å². The van der Waals surface area contributed by atoms with Gasteiger partial charge in [0.1, 0.15) is 0 Å². The summed E-state index contributed by atoms with van der Waals surface area (Å²) in [6, 6.07) is 0. The van der Waals surface area contributed by atoms with Crippen LogP contribution in [0.2, 0.25) is 0 Å². The molecule has 1 aliphatic heterocycles.